The smallest absolute Gasteiger partial charge is 0.330 e. The van der Waals surface area contributed by atoms with Crippen LogP contribution in [-0.4, -0.2) is 9.55 Å². The number of hydrogen-bond acceptors (Lipinski definition) is 4. The highest BCUT2D eigenvalue weighted by Gasteiger charge is 2.30. The predicted molar refractivity (Wildman–Crippen MR) is 102 cm³/mol. The minimum absolute atomic E-state index is 0.0593. The van der Waals surface area contributed by atoms with E-state index in [-0.39, 0.29) is 17.5 Å². The van der Waals surface area contributed by atoms with Crippen molar-refractivity contribution in [2.45, 2.75) is 24.3 Å². The number of fused-ring (bicyclic) bond motifs is 1. The molecule has 0 fully saturated rings. The number of rotatable bonds is 5. The van der Waals surface area contributed by atoms with Crippen molar-refractivity contribution in [3.63, 3.8) is 0 Å². The highest BCUT2D eigenvalue weighted by molar-refractivity contribution is 7.99. The zero-order valence-corrected chi connectivity index (χ0v) is 14.9. The molecule has 0 aliphatic carbocycles. The third-order valence-electron chi connectivity index (χ3n) is 4.43. The predicted octanol–water partition coefficient (Wildman–Crippen LogP) is 3.05. The molecule has 1 aliphatic heterocycles. The van der Waals surface area contributed by atoms with Gasteiger partial charge in [-0.3, -0.25) is 14.3 Å². The average molecular weight is 366 g/mol. The number of nitrogens with zero attached hydrogens (tertiary/aromatic N) is 1. The summed E-state index contributed by atoms with van der Waals surface area (Å²) in [5.41, 5.74) is 2.80. The van der Waals surface area contributed by atoms with Crippen molar-refractivity contribution >= 4 is 11.8 Å². The van der Waals surface area contributed by atoms with Crippen LogP contribution in [0.2, 0.25) is 0 Å². The van der Waals surface area contributed by atoms with Gasteiger partial charge in [-0.15, -0.1) is 11.8 Å². The van der Waals surface area contributed by atoms with Gasteiger partial charge in [0, 0.05) is 11.4 Å². The molecule has 5 nitrogen and oxygen atoms in total. The molecule has 0 radical (unpaired) electrons. The van der Waals surface area contributed by atoms with Crippen molar-refractivity contribution in [3.05, 3.63) is 104 Å². The SMILES string of the molecule is O=c1[nH]c(=O)n(COCc2ccccc2)c2c1C(c1ccccc1)SC2. The number of nitrogens with one attached hydrogen (secondary N) is 1. The molecule has 1 N–H and O–H groups in total. The fourth-order valence-electron chi connectivity index (χ4n) is 3.16. The Labute approximate surface area is 154 Å². The molecule has 1 unspecified atom stereocenters. The summed E-state index contributed by atoms with van der Waals surface area (Å²) in [5.74, 6) is 0.614. The lowest BCUT2D eigenvalue weighted by molar-refractivity contribution is 0.0593. The molecule has 2 aromatic carbocycles. The Bertz CT molecular complexity index is 1010. The Kier molecular flexibility index (Phi) is 4.77. The van der Waals surface area contributed by atoms with Crippen LogP contribution in [0, 0.1) is 0 Å². The van der Waals surface area contributed by atoms with E-state index in [1.54, 1.807) is 11.8 Å². The lowest BCUT2D eigenvalue weighted by Crippen LogP contribution is -2.35. The molecular weight excluding hydrogens is 348 g/mol. The van der Waals surface area contributed by atoms with Crippen molar-refractivity contribution in [2.75, 3.05) is 0 Å². The number of aromatic amines is 1. The van der Waals surface area contributed by atoms with Crippen molar-refractivity contribution in [1.82, 2.24) is 9.55 Å². The molecule has 1 aliphatic rings. The molecule has 26 heavy (non-hydrogen) atoms. The second-order valence-electron chi connectivity index (χ2n) is 6.11. The first-order chi connectivity index (χ1) is 12.7. The number of hydrogen-bond donors (Lipinski definition) is 1. The zero-order chi connectivity index (χ0) is 17.9. The quantitative estimate of drug-likeness (QED) is 0.754. The Morgan fingerprint density at radius 3 is 2.46 bits per heavy atom. The molecular formula is C20H18N2O3S. The third kappa shape index (κ3) is 3.25. The minimum Gasteiger partial charge on any atom is -0.356 e. The fourth-order valence-corrected chi connectivity index (χ4v) is 4.55. The van der Waals surface area contributed by atoms with Crippen LogP contribution in [-0.2, 0) is 23.8 Å². The maximum atomic E-state index is 12.4. The van der Waals surface area contributed by atoms with Crippen LogP contribution in [0.25, 0.3) is 0 Å². The van der Waals surface area contributed by atoms with Gasteiger partial charge >= 0.3 is 5.69 Å². The van der Waals surface area contributed by atoms with Gasteiger partial charge < -0.3 is 4.74 Å². The largest absolute Gasteiger partial charge is 0.356 e. The van der Waals surface area contributed by atoms with Crippen LogP contribution < -0.4 is 11.2 Å². The highest BCUT2D eigenvalue weighted by Crippen LogP contribution is 2.43. The maximum absolute atomic E-state index is 12.4. The molecule has 2 heterocycles. The van der Waals surface area contributed by atoms with E-state index >= 15 is 0 Å². The summed E-state index contributed by atoms with van der Waals surface area (Å²) in [7, 11) is 0. The first kappa shape index (κ1) is 16.9. The van der Waals surface area contributed by atoms with Crippen molar-refractivity contribution in [1.29, 1.82) is 0 Å². The van der Waals surface area contributed by atoms with Crippen molar-refractivity contribution in [3.8, 4) is 0 Å². The van der Waals surface area contributed by atoms with Crippen LogP contribution in [0.3, 0.4) is 0 Å². The molecule has 1 aromatic heterocycles. The topological polar surface area (TPSA) is 64.1 Å². The number of thioether (sulfide) groups is 1. The van der Waals surface area contributed by atoms with Crippen molar-refractivity contribution < 1.29 is 4.74 Å². The minimum atomic E-state index is -0.420. The van der Waals surface area contributed by atoms with E-state index in [4.69, 9.17) is 4.74 Å². The summed E-state index contributed by atoms with van der Waals surface area (Å²) in [6, 6.07) is 19.7. The van der Waals surface area contributed by atoms with E-state index in [9.17, 15) is 9.59 Å². The van der Waals surface area contributed by atoms with Gasteiger partial charge in [0.15, 0.2) is 0 Å². The average Bonchev–Trinajstić information content (AvgIpc) is 3.11. The van der Waals surface area contributed by atoms with Gasteiger partial charge in [-0.2, -0.15) is 0 Å². The van der Waals surface area contributed by atoms with E-state index in [0.29, 0.717) is 17.9 Å². The van der Waals surface area contributed by atoms with Gasteiger partial charge in [-0.05, 0) is 11.1 Å². The molecule has 0 spiro atoms. The zero-order valence-electron chi connectivity index (χ0n) is 14.1. The van der Waals surface area contributed by atoms with E-state index in [1.165, 1.54) is 4.57 Å². The van der Waals surface area contributed by atoms with Crippen LogP contribution in [0.4, 0.5) is 0 Å². The standard InChI is InChI=1S/C20H18N2O3S/c23-19-17-16(12-26-18(17)15-9-5-2-6-10-15)22(20(24)21-19)13-25-11-14-7-3-1-4-8-14/h1-10,18H,11-13H2,(H,21,23,24). The Balaban J connectivity index is 1.62. The molecule has 0 saturated heterocycles. The molecule has 3 aromatic rings. The summed E-state index contributed by atoms with van der Waals surface area (Å²) in [6.07, 6.45) is 0. The van der Waals surface area contributed by atoms with Crippen LogP contribution in [0.15, 0.2) is 70.3 Å². The van der Waals surface area contributed by atoms with Gasteiger partial charge in [-0.1, -0.05) is 60.7 Å². The summed E-state index contributed by atoms with van der Waals surface area (Å²) in [4.78, 5) is 27.2. The van der Waals surface area contributed by atoms with Gasteiger partial charge in [0.25, 0.3) is 5.56 Å². The lowest BCUT2D eigenvalue weighted by atomic mass is 10.0. The van der Waals surface area contributed by atoms with Crippen molar-refractivity contribution in [2.24, 2.45) is 0 Å². The van der Waals surface area contributed by atoms with Gasteiger partial charge in [-0.25, -0.2) is 4.79 Å². The van der Waals surface area contributed by atoms with Crippen LogP contribution in [0.1, 0.15) is 27.6 Å². The van der Waals surface area contributed by atoms with Gasteiger partial charge in [0.05, 0.1) is 17.4 Å². The normalized spacial score (nSPS) is 15.8. The summed E-state index contributed by atoms with van der Waals surface area (Å²) in [6.45, 7) is 0.533. The second-order valence-corrected chi connectivity index (χ2v) is 7.21. The maximum Gasteiger partial charge on any atom is 0.330 e. The first-order valence-corrected chi connectivity index (χ1v) is 9.43. The van der Waals surface area contributed by atoms with E-state index in [0.717, 1.165) is 16.8 Å². The summed E-state index contributed by atoms with van der Waals surface area (Å²) < 4.78 is 7.26. The third-order valence-corrected chi connectivity index (χ3v) is 5.71. The highest BCUT2D eigenvalue weighted by atomic mass is 32.2. The number of H-pyrrole nitrogens is 1. The second kappa shape index (κ2) is 7.35. The number of ether oxygens (including phenoxy) is 1. The van der Waals surface area contributed by atoms with Crippen LogP contribution >= 0.6 is 11.8 Å². The van der Waals surface area contributed by atoms with Crippen LogP contribution in [0.5, 0.6) is 0 Å². The van der Waals surface area contributed by atoms with E-state index in [1.807, 2.05) is 60.7 Å². The molecule has 1 atom stereocenters. The lowest BCUT2D eigenvalue weighted by Gasteiger charge is -2.13. The van der Waals surface area contributed by atoms with E-state index < -0.39 is 5.69 Å². The molecule has 0 saturated carbocycles. The first-order valence-electron chi connectivity index (χ1n) is 8.38. The fraction of sp³-hybridized carbons (Fsp3) is 0.200. The Morgan fingerprint density at radius 1 is 1.04 bits per heavy atom. The van der Waals surface area contributed by atoms with Gasteiger partial charge in [0.1, 0.15) is 6.73 Å². The molecule has 6 heteroatoms. The van der Waals surface area contributed by atoms with Gasteiger partial charge in [0.2, 0.25) is 0 Å². The molecule has 4 rings (SSSR count). The summed E-state index contributed by atoms with van der Waals surface area (Å²) >= 11 is 1.66. The molecule has 132 valence electrons. The Hall–Kier alpha value is -2.57. The molecule has 0 bridgehead atoms. The molecule has 0 amide bonds. The number of aromatic nitrogens is 2. The Morgan fingerprint density at radius 2 is 1.73 bits per heavy atom. The summed E-state index contributed by atoms with van der Waals surface area (Å²) in [5, 5.41) is -0.0593. The van der Waals surface area contributed by atoms with E-state index in [2.05, 4.69) is 4.98 Å². The number of benzene rings is 2. The monoisotopic (exact) mass is 366 g/mol.